The van der Waals surface area contributed by atoms with Crippen LogP contribution in [-0.4, -0.2) is 30.6 Å². The van der Waals surface area contributed by atoms with Crippen LogP contribution in [0.25, 0.3) is 0 Å². The Morgan fingerprint density at radius 1 is 1.32 bits per heavy atom. The number of aromatic nitrogens is 1. The summed E-state index contributed by atoms with van der Waals surface area (Å²) in [5, 5.41) is 9.81. The summed E-state index contributed by atoms with van der Waals surface area (Å²) in [5.74, 6) is 0.670. The van der Waals surface area contributed by atoms with Gasteiger partial charge in [0.1, 0.15) is 5.82 Å². The van der Waals surface area contributed by atoms with Crippen LogP contribution in [0.1, 0.15) is 36.0 Å². The SMILES string of the molecule is CCNC(=NCC1(c2ccccc2F)CC1)NCCc1csc(C)n1. The van der Waals surface area contributed by atoms with Crippen molar-refractivity contribution in [2.75, 3.05) is 19.6 Å². The highest BCUT2D eigenvalue weighted by molar-refractivity contribution is 7.09. The number of guanidine groups is 1. The first-order valence-corrected chi connectivity index (χ1v) is 9.69. The largest absolute Gasteiger partial charge is 0.357 e. The second-order valence-electron chi connectivity index (χ2n) is 6.49. The van der Waals surface area contributed by atoms with Crippen molar-refractivity contribution in [1.29, 1.82) is 0 Å². The van der Waals surface area contributed by atoms with Gasteiger partial charge in [-0.25, -0.2) is 9.37 Å². The molecule has 2 aromatic rings. The van der Waals surface area contributed by atoms with E-state index in [0.717, 1.165) is 54.6 Å². The summed E-state index contributed by atoms with van der Waals surface area (Å²) in [6, 6.07) is 7.08. The molecule has 6 heteroatoms. The van der Waals surface area contributed by atoms with Crippen LogP contribution in [0.4, 0.5) is 4.39 Å². The number of benzene rings is 1. The molecule has 1 aliphatic rings. The Hall–Kier alpha value is -1.95. The first-order chi connectivity index (χ1) is 12.1. The standard InChI is InChI=1S/C19H25FN4S/c1-3-21-18(22-11-8-15-12-25-14(2)24-15)23-13-19(9-10-19)16-6-4-5-7-17(16)20/h4-7,12H,3,8-11,13H2,1-2H3,(H2,21,22,23). The molecule has 1 fully saturated rings. The van der Waals surface area contributed by atoms with Gasteiger partial charge in [-0.2, -0.15) is 0 Å². The minimum atomic E-state index is -0.125. The van der Waals surface area contributed by atoms with Crippen LogP contribution in [0.5, 0.6) is 0 Å². The smallest absolute Gasteiger partial charge is 0.191 e. The van der Waals surface area contributed by atoms with E-state index in [4.69, 9.17) is 4.99 Å². The molecule has 0 radical (unpaired) electrons. The monoisotopic (exact) mass is 360 g/mol. The van der Waals surface area contributed by atoms with Crippen molar-refractivity contribution in [3.63, 3.8) is 0 Å². The molecule has 2 N–H and O–H groups in total. The number of thiazole rings is 1. The van der Waals surface area contributed by atoms with Crippen molar-refractivity contribution < 1.29 is 4.39 Å². The van der Waals surface area contributed by atoms with E-state index in [0.29, 0.717) is 6.54 Å². The van der Waals surface area contributed by atoms with Gasteiger partial charge < -0.3 is 10.6 Å². The van der Waals surface area contributed by atoms with E-state index in [1.165, 1.54) is 0 Å². The molecule has 0 spiro atoms. The Morgan fingerprint density at radius 2 is 2.12 bits per heavy atom. The minimum Gasteiger partial charge on any atom is -0.357 e. The topological polar surface area (TPSA) is 49.3 Å². The maximum Gasteiger partial charge on any atom is 0.191 e. The first-order valence-electron chi connectivity index (χ1n) is 8.81. The molecule has 1 aromatic heterocycles. The van der Waals surface area contributed by atoms with E-state index in [-0.39, 0.29) is 11.2 Å². The average Bonchev–Trinajstić information content (AvgIpc) is 3.28. The van der Waals surface area contributed by atoms with Crippen molar-refractivity contribution in [2.24, 2.45) is 4.99 Å². The zero-order valence-corrected chi connectivity index (χ0v) is 15.6. The lowest BCUT2D eigenvalue weighted by Crippen LogP contribution is -2.39. The van der Waals surface area contributed by atoms with Crippen LogP contribution in [-0.2, 0) is 11.8 Å². The highest BCUT2D eigenvalue weighted by Crippen LogP contribution is 2.49. The predicted octanol–water partition coefficient (Wildman–Crippen LogP) is 3.42. The third-order valence-corrected chi connectivity index (χ3v) is 5.35. The van der Waals surface area contributed by atoms with Crippen molar-refractivity contribution in [3.8, 4) is 0 Å². The van der Waals surface area contributed by atoms with Crippen molar-refractivity contribution >= 4 is 17.3 Å². The Balaban J connectivity index is 1.59. The predicted molar refractivity (Wildman–Crippen MR) is 102 cm³/mol. The van der Waals surface area contributed by atoms with Gasteiger partial charge >= 0.3 is 0 Å². The van der Waals surface area contributed by atoms with Gasteiger partial charge in [-0.3, -0.25) is 4.99 Å². The summed E-state index contributed by atoms with van der Waals surface area (Å²) in [7, 11) is 0. The molecule has 4 nitrogen and oxygen atoms in total. The summed E-state index contributed by atoms with van der Waals surface area (Å²) < 4.78 is 14.1. The van der Waals surface area contributed by atoms with E-state index >= 15 is 0 Å². The number of halogens is 1. The molecular formula is C19H25FN4S. The summed E-state index contributed by atoms with van der Waals surface area (Å²) in [6.07, 6.45) is 2.86. The molecule has 0 atom stereocenters. The van der Waals surface area contributed by atoms with Crippen LogP contribution in [0.2, 0.25) is 0 Å². The summed E-state index contributed by atoms with van der Waals surface area (Å²) in [4.78, 5) is 9.19. The summed E-state index contributed by atoms with van der Waals surface area (Å²) in [5.41, 5.74) is 1.78. The Labute approximate surface area is 152 Å². The van der Waals surface area contributed by atoms with E-state index < -0.39 is 0 Å². The maximum atomic E-state index is 14.1. The lowest BCUT2D eigenvalue weighted by atomic mass is 9.95. The van der Waals surface area contributed by atoms with Crippen molar-refractivity contribution in [1.82, 2.24) is 15.6 Å². The average molecular weight is 361 g/mol. The molecule has 0 bridgehead atoms. The fraction of sp³-hybridized carbons (Fsp3) is 0.474. The van der Waals surface area contributed by atoms with Crippen LogP contribution in [0.3, 0.4) is 0 Å². The second kappa shape index (κ2) is 7.95. The highest BCUT2D eigenvalue weighted by Gasteiger charge is 2.45. The van der Waals surface area contributed by atoms with Gasteiger partial charge in [-0.05, 0) is 38.3 Å². The van der Waals surface area contributed by atoms with Crippen molar-refractivity contribution in [3.05, 3.63) is 51.7 Å². The van der Waals surface area contributed by atoms with Gasteiger partial charge in [0.15, 0.2) is 5.96 Å². The first kappa shape index (κ1) is 17.9. The highest BCUT2D eigenvalue weighted by atomic mass is 32.1. The van der Waals surface area contributed by atoms with Crippen LogP contribution < -0.4 is 10.6 Å². The Morgan fingerprint density at radius 3 is 2.76 bits per heavy atom. The number of rotatable bonds is 7. The molecule has 25 heavy (non-hydrogen) atoms. The van der Waals surface area contributed by atoms with Crippen molar-refractivity contribution in [2.45, 2.75) is 38.5 Å². The fourth-order valence-electron chi connectivity index (χ4n) is 2.96. The van der Waals surface area contributed by atoms with Gasteiger partial charge in [0, 0.05) is 30.3 Å². The van der Waals surface area contributed by atoms with Crippen LogP contribution in [0, 0.1) is 12.7 Å². The van der Waals surface area contributed by atoms with Gasteiger partial charge in [0.25, 0.3) is 0 Å². The molecule has 1 saturated carbocycles. The zero-order valence-electron chi connectivity index (χ0n) is 14.8. The normalized spacial score (nSPS) is 15.9. The number of nitrogens with one attached hydrogen (secondary N) is 2. The number of hydrogen-bond acceptors (Lipinski definition) is 3. The molecule has 1 heterocycles. The fourth-order valence-corrected chi connectivity index (χ4v) is 3.61. The Bertz CT molecular complexity index is 737. The second-order valence-corrected chi connectivity index (χ2v) is 7.55. The number of nitrogens with zero attached hydrogens (tertiary/aromatic N) is 2. The van der Waals surface area contributed by atoms with Gasteiger partial charge in [-0.15, -0.1) is 11.3 Å². The molecule has 1 aliphatic carbocycles. The zero-order chi connectivity index (χ0) is 17.7. The van der Waals surface area contributed by atoms with Gasteiger partial charge in [0.05, 0.1) is 17.2 Å². The van der Waals surface area contributed by atoms with Crippen LogP contribution in [0.15, 0.2) is 34.6 Å². The molecule has 3 rings (SSSR count). The molecular weight excluding hydrogens is 335 g/mol. The number of aryl methyl sites for hydroxylation is 1. The van der Waals surface area contributed by atoms with E-state index in [9.17, 15) is 4.39 Å². The number of aliphatic imine (C=N–C) groups is 1. The molecule has 0 unspecified atom stereocenters. The van der Waals surface area contributed by atoms with Gasteiger partial charge in [-0.1, -0.05) is 18.2 Å². The number of hydrogen-bond donors (Lipinski definition) is 2. The quantitative estimate of drug-likeness (QED) is 0.588. The van der Waals surface area contributed by atoms with Crippen LogP contribution >= 0.6 is 11.3 Å². The molecule has 0 saturated heterocycles. The minimum absolute atomic E-state index is 0.118. The third kappa shape index (κ3) is 4.57. The molecule has 0 aliphatic heterocycles. The van der Waals surface area contributed by atoms with E-state index in [1.54, 1.807) is 23.5 Å². The lowest BCUT2D eigenvalue weighted by molar-refractivity contribution is 0.572. The summed E-state index contributed by atoms with van der Waals surface area (Å²) >= 11 is 1.67. The maximum absolute atomic E-state index is 14.1. The summed E-state index contributed by atoms with van der Waals surface area (Å²) in [6.45, 7) is 6.25. The van der Waals surface area contributed by atoms with E-state index in [1.807, 2.05) is 26.0 Å². The van der Waals surface area contributed by atoms with Gasteiger partial charge in [0.2, 0.25) is 0 Å². The molecule has 134 valence electrons. The third-order valence-electron chi connectivity index (χ3n) is 4.52. The Kier molecular flexibility index (Phi) is 5.68. The lowest BCUT2D eigenvalue weighted by Gasteiger charge is -2.16. The molecule has 0 amide bonds. The molecule has 1 aromatic carbocycles. The van der Waals surface area contributed by atoms with E-state index in [2.05, 4.69) is 21.0 Å².